The summed E-state index contributed by atoms with van der Waals surface area (Å²) >= 11 is 4.25. The summed E-state index contributed by atoms with van der Waals surface area (Å²) < 4.78 is 15.4. The van der Waals surface area contributed by atoms with E-state index in [2.05, 4.69) is 27.1 Å². The third-order valence-electron chi connectivity index (χ3n) is 2.90. The molecule has 98 valence electrons. The summed E-state index contributed by atoms with van der Waals surface area (Å²) in [6, 6.07) is 4.78. The normalized spacial score (nSPS) is 11.6. The van der Waals surface area contributed by atoms with Crippen molar-refractivity contribution >= 4 is 23.7 Å². The fourth-order valence-electron chi connectivity index (χ4n) is 1.99. The Balaban J connectivity index is 2.41. The number of hydrogen-bond acceptors (Lipinski definition) is 3. The average Bonchev–Trinajstić information content (AvgIpc) is 2.63. The van der Waals surface area contributed by atoms with Gasteiger partial charge in [0.15, 0.2) is 0 Å². The van der Waals surface area contributed by atoms with Crippen LogP contribution in [0.5, 0.6) is 0 Å². The molecule has 1 aromatic heterocycles. The van der Waals surface area contributed by atoms with E-state index in [1.807, 2.05) is 14.1 Å². The summed E-state index contributed by atoms with van der Waals surface area (Å²) in [5.74, 6) is 1.48. The number of rotatable bonds is 5. The molecule has 0 aliphatic heterocycles. The monoisotopic (exact) mass is 267 g/mol. The van der Waals surface area contributed by atoms with Gasteiger partial charge < -0.3 is 9.47 Å². The Kier molecular flexibility index (Phi) is 4.24. The van der Waals surface area contributed by atoms with E-state index >= 15 is 0 Å². The average molecular weight is 267 g/mol. The van der Waals surface area contributed by atoms with Crippen LogP contribution in [0.4, 0.5) is 4.39 Å². The molecule has 0 saturated heterocycles. The number of thiol groups is 1. The lowest BCUT2D eigenvalue weighted by Gasteiger charge is -2.13. The highest BCUT2D eigenvalue weighted by molar-refractivity contribution is 7.80. The summed E-state index contributed by atoms with van der Waals surface area (Å²) in [5, 5.41) is 0. The highest BCUT2D eigenvalue weighted by Crippen LogP contribution is 2.18. The highest BCUT2D eigenvalue weighted by Gasteiger charge is 2.10. The molecule has 18 heavy (non-hydrogen) atoms. The van der Waals surface area contributed by atoms with Gasteiger partial charge in [0.05, 0.1) is 11.0 Å². The van der Waals surface area contributed by atoms with Crippen molar-refractivity contribution in [2.75, 3.05) is 26.4 Å². The lowest BCUT2D eigenvalue weighted by atomic mass is 10.3. The second-order valence-electron chi connectivity index (χ2n) is 4.59. The van der Waals surface area contributed by atoms with Gasteiger partial charge in [-0.15, -0.1) is 0 Å². The van der Waals surface area contributed by atoms with Gasteiger partial charge in [-0.3, -0.25) is 0 Å². The van der Waals surface area contributed by atoms with Crippen molar-refractivity contribution in [3.63, 3.8) is 0 Å². The molecule has 0 unspecified atom stereocenters. The molecule has 0 N–H and O–H groups in total. The predicted octanol–water partition coefficient (Wildman–Crippen LogP) is 2.21. The molecule has 2 rings (SSSR count). The molecule has 1 heterocycles. The van der Waals surface area contributed by atoms with Crippen molar-refractivity contribution in [1.29, 1.82) is 0 Å². The molecule has 0 amide bonds. The van der Waals surface area contributed by atoms with E-state index in [-0.39, 0.29) is 5.82 Å². The van der Waals surface area contributed by atoms with E-state index in [4.69, 9.17) is 0 Å². The van der Waals surface area contributed by atoms with Crippen molar-refractivity contribution in [1.82, 2.24) is 14.5 Å². The molecular formula is C13H18FN3S. The lowest BCUT2D eigenvalue weighted by molar-refractivity contribution is 0.383. The minimum Gasteiger partial charge on any atom is -0.327 e. The Bertz CT molecular complexity index is 536. The van der Waals surface area contributed by atoms with Gasteiger partial charge in [-0.2, -0.15) is 12.6 Å². The molecule has 5 heteroatoms. The largest absolute Gasteiger partial charge is 0.327 e. The third-order valence-corrected chi connectivity index (χ3v) is 3.12. The van der Waals surface area contributed by atoms with Crippen molar-refractivity contribution in [2.24, 2.45) is 0 Å². The van der Waals surface area contributed by atoms with Gasteiger partial charge in [-0.1, -0.05) is 0 Å². The number of halogens is 1. The van der Waals surface area contributed by atoms with Crippen LogP contribution < -0.4 is 0 Å². The van der Waals surface area contributed by atoms with E-state index in [0.717, 1.165) is 42.1 Å². The van der Waals surface area contributed by atoms with Gasteiger partial charge >= 0.3 is 0 Å². The molecular weight excluding hydrogens is 249 g/mol. The molecule has 0 aliphatic carbocycles. The SMILES string of the molecule is CN(C)CCn1c(CCS)nc2cc(F)ccc21. The first-order valence-corrected chi connectivity index (χ1v) is 6.65. The third kappa shape index (κ3) is 2.84. The van der Waals surface area contributed by atoms with Gasteiger partial charge in [0, 0.05) is 25.6 Å². The first-order valence-electron chi connectivity index (χ1n) is 6.02. The topological polar surface area (TPSA) is 21.1 Å². The fraction of sp³-hybridized carbons (Fsp3) is 0.462. The molecule has 0 aliphatic rings. The maximum atomic E-state index is 13.2. The number of fused-ring (bicyclic) bond motifs is 1. The zero-order valence-corrected chi connectivity index (χ0v) is 11.6. The number of benzene rings is 1. The number of likely N-dealkylation sites (N-methyl/N-ethyl adjacent to an activating group) is 1. The minimum absolute atomic E-state index is 0.239. The Hall–Kier alpha value is -1.07. The molecule has 0 fully saturated rings. The second kappa shape index (κ2) is 5.71. The molecule has 0 radical (unpaired) electrons. The predicted molar refractivity (Wildman–Crippen MR) is 75.8 cm³/mol. The van der Waals surface area contributed by atoms with Crippen molar-refractivity contribution in [2.45, 2.75) is 13.0 Å². The maximum absolute atomic E-state index is 13.2. The summed E-state index contributed by atoms with van der Waals surface area (Å²) in [6.07, 6.45) is 0.798. The van der Waals surface area contributed by atoms with Crippen molar-refractivity contribution in [3.8, 4) is 0 Å². The van der Waals surface area contributed by atoms with E-state index in [1.54, 1.807) is 6.07 Å². The van der Waals surface area contributed by atoms with Gasteiger partial charge in [0.1, 0.15) is 11.6 Å². The van der Waals surface area contributed by atoms with E-state index in [9.17, 15) is 4.39 Å². The standard InChI is InChI=1S/C13H18FN3S/c1-16(2)6-7-17-12-4-3-10(14)9-11(12)15-13(17)5-8-18/h3-4,9,18H,5-8H2,1-2H3. The first kappa shape index (κ1) is 13.4. The number of hydrogen-bond donors (Lipinski definition) is 1. The van der Waals surface area contributed by atoms with E-state index in [0.29, 0.717) is 0 Å². The number of aromatic nitrogens is 2. The smallest absolute Gasteiger partial charge is 0.125 e. The summed E-state index contributed by atoms with van der Waals surface area (Å²) in [7, 11) is 4.08. The molecule has 1 aromatic carbocycles. The molecule has 2 aromatic rings. The second-order valence-corrected chi connectivity index (χ2v) is 5.04. The zero-order valence-electron chi connectivity index (χ0n) is 10.7. The van der Waals surface area contributed by atoms with Crippen molar-refractivity contribution < 1.29 is 4.39 Å². The summed E-state index contributed by atoms with van der Waals surface area (Å²) in [4.78, 5) is 6.62. The minimum atomic E-state index is -0.239. The van der Waals surface area contributed by atoms with E-state index < -0.39 is 0 Å². The quantitative estimate of drug-likeness (QED) is 0.839. The molecule has 0 spiro atoms. The molecule has 0 saturated carbocycles. The Morgan fingerprint density at radius 2 is 2.17 bits per heavy atom. The van der Waals surface area contributed by atoms with Crippen LogP contribution in [-0.4, -0.2) is 40.8 Å². The number of aryl methyl sites for hydroxylation is 1. The van der Waals surface area contributed by atoms with Crippen LogP contribution in [0.2, 0.25) is 0 Å². The fourth-order valence-corrected chi connectivity index (χ4v) is 2.19. The molecule has 3 nitrogen and oxygen atoms in total. The van der Waals surface area contributed by atoms with Gasteiger partial charge in [-0.25, -0.2) is 9.37 Å². The van der Waals surface area contributed by atoms with Gasteiger partial charge in [-0.05, 0) is 32.0 Å². The van der Waals surface area contributed by atoms with Crippen LogP contribution in [0.15, 0.2) is 18.2 Å². The van der Waals surface area contributed by atoms with Crippen LogP contribution in [0.3, 0.4) is 0 Å². The van der Waals surface area contributed by atoms with Crippen LogP contribution >= 0.6 is 12.6 Å². The number of nitrogens with zero attached hydrogens (tertiary/aromatic N) is 3. The first-order chi connectivity index (χ1) is 8.61. The van der Waals surface area contributed by atoms with Gasteiger partial charge in [0.2, 0.25) is 0 Å². The van der Waals surface area contributed by atoms with Crippen LogP contribution in [0, 0.1) is 5.82 Å². The number of imidazole rings is 1. The van der Waals surface area contributed by atoms with Crippen LogP contribution in [-0.2, 0) is 13.0 Å². The lowest BCUT2D eigenvalue weighted by Crippen LogP contribution is -2.19. The maximum Gasteiger partial charge on any atom is 0.125 e. The highest BCUT2D eigenvalue weighted by atomic mass is 32.1. The Labute approximate surface area is 112 Å². The van der Waals surface area contributed by atoms with Crippen LogP contribution in [0.25, 0.3) is 11.0 Å². The zero-order chi connectivity index (χ0) is 13.1. The van der Waals surface area contributed by atoms with Crippen LogP contribution in [0.1, 0.15) is 5.82 Å². The summed E-state index contributed by atoms with van der Waals surface area (Å²) in [5.41, 5.74) is 1.72. The molecule has 0 bridgehead atoms. The summed E-state index contributed by atoms with van der Waals surface area (Å²) in [6.45, 7) is 1.79. The Morgan fingerprint density at radius 3 is 2.83 bits per heavy atom. The Morgan fingerprint density at radius 1 is 1.39 bits per heavy atom. The molecule has 0 atom stereocenters. The van der Waals surface area contributed by atoms with Crippen molar-refractivity contribution in [3.05, 3.63) is 29.8 Å². The van der Waals surface area contributed by atoms with E-state index in [1.165, 1.54) is 12.1 Å². The van der Waals surface area contributed by atoms with Gasteiger partial charge in [0.25, 0.3) is 0 Å².